The Kier molecular flexibility index (Phi) is 5.35. The molecule has 0 spiro atoms. The Morgan fingerprint density at radius 2 is 1.96 bits per heavy atom. The quantitative estimate of drug-likeness (QED) is 0.829. The van der Waals surface area contributed by atoms with E-state index in [1.54, 1.807) is 17.5 Å². The zero-order valence-electron chi connectivity index (χ0n) is 14.9. The van der Waals surface area contributed by atoms with E-state index in [-0.39, 0.29) is 12.5 Å². The number of hydrogen-bond donors (Lipinski definition) is 1. The maximum atomic E-state index is 12.7. The van der Waals surface area contributed by atoms with Gasteiger partial charge in [0, 0.05) is 56.3 Å². The topological polar surface area (TPSA) is 64.8 Å². The second-order valence-electron chi connectivity index (χ2n) is 6.94. The number of rotatable bonds is 5. The van der Waals surface area contributed by atoms with Gasteiger partial charge in [-0.2, -0.15) is 5.10 Å². The standard InChI is InChI=1S/C18H25N5O2S/c24-14-15-10-19-23-8-5-21(12-17(15)23)13-18(25)22-6-3-20(4-7-22)11-16-2-1-9-26-16/h1-2,9-10,24H,3-8,11-14H2. The molecule has 0 aromatic carbocycles. The minimum Gasteiger partial charge on any atom is -0.392 e. The lowest BCUT2D eigenvalue weighted by Crippen LogP contribution is -2.51. The van der Waals surface area contributed by atoms with E-state index < -0.39 is 0 Å². The van der Waals surface area contributed by atoms with Gasteiger partial charge < -0.3 is 10.0 Å². The molecule has 4 rings (SSSR count). The van der Waals surface area contributed by atoms with E-state index in [2.05, 4.69) is 32.4 Å². The Balaban J connectivity index is 1.27. The van der Waals surface area contributed by atoms with Crippen LogP contribution in [-0.2, 0) is 31.0 Å². The van der Waals surface area contributed by atoms with Crippen molar-refractivity contribution in [1.29, 1.82) is 0 Å². The highest BCUT2D eigenvalue weighted by Gasteiger charge is 2.26. The van der Waals surface area contributed by atoms with E-state index >= 15 is 0 Å². The molecule has 0 radical (unpaired) electrons. The summed E-state index contributed by atoms with van der Waals surface area (Å²) in [4.78, 5) is 20.6. The van der Waals surface area contributed by atoms with Gasteiger partial charge in [-0.15, -0.1) is 11.3 Å². The van der Waals surface area contributed by atoms with Gasteiger partial charge >= 0.3 is 0 Å². The predicted octanol–water partition coefficient (Wildman–Crippen LogP) is 0.597. The van der Waals surface area contributed by atoms with E-state index in [0.29, 0.717) is 13.1 Å². The molecule has 1 saturated heterocycles. The number of aliphatic hydroxyl groups excluding tert-OH is 1. The van der Waals surface area contributed by atoms with Crippen LogP contribution < -0.4 is 0 Å². The number of thiophene rings is 1. The first-order valence-corrected chi connectivity index (χ1v) is 10.00. The fourth-order valence-electron chi connectivity index (χ4n) is 3.69. The smallest absolute Gasteiger partial charge is 0.236 e. The molecule has 1 amide bonds. The monoisotopic (exact) mass is 375 g/mol. The number of piperazine rings is 1. The highest BCUT2D eigenvalue weighted by atomic mass is 32.1. The number of carbonyl (C=O) groups excluding carboxylic acids is 1. The van der Waals surface area contributed by atoms with Gasteiger partial charge in [0.15, 0.2) is 0 Å². The van der Waals surface area contributed by atoms with Crippen molar-refractivity contribution in [3.63, 3.8) is 0 Å². The lowest BCUT2D eigenvalue weighted by atomic mass is 10.2. The van der Waals surface area contributed by atoms with Crippen molar-refractivity contribution in [3.8, 4) is 0 Å². The first-order valence-electron chi connectivity index (χ1n) is 9.12. The van der Waals surface area contributed by atoms with Gasteiger partial charge in [-0.25, -0.2) is 0 Å². The van der Waals surface area contributed by atoms with Crippen LogP contribution in [0.3, 0.4) is 0 Å². The third-order valence-corrected chi connectivity index (χ3v) is 6.11. The number of amides is 1. The fraction of sp³-hybridized carbons (Fsp3) is 0.556. The SMILES string of the molecule is O=C(CN1CCn2ncc(CO)c2C1)N1CCN(Cc2cccs2)CC1. The summed E-state index contributed by atoms with van der Waals surface area (Å²) in [6.45, 7) is 7.19. The molecule has 8 heteroatoms. The molecule has 0 unspecified atom stereocenters. The summed E-state index contributed by atoms with van der Waals surface area (Å²) in [5.74, 6) is 0.208. The van der Waals surface area contributed by atoms with Gasteiger partial charge in [-0.3, -0.25) is 19.3 Å². The van der Waals surface area contributed by atoms with Crippen molar-refractivity contribution in [3.05, 3.63) is 39.8 Å². The number of hydrogen-bond acceptors (Lipinski definition) is 6. The van der Waals surface area contributed by atoms with Crippen molar-refractivity contribution in [2.24, 2.45) is 0 Å². The maximum Gasteiger partial charge on any atom is 0.236 e. The second-order valence-corrected chi connectivity index (χ2v) is 7.98. The van der Waals surface area contributed by atoms with Crippen LogP contribution in [0.1, 0.15) is 16.1 Å². The molecule has 2 aliphatic heterocycles. The number of nitrogens with zero attached hydrogens (tertiary/aromatic N) is 5. The van der Waals surface area contributed by atoms with E-state index in [1.807, 2.05) is 9.58 Å². The number of aromatic nitrogens is 2. The molecule has 7 nitrogen and oxygen atoms in total. The molecule has 2 aromatic rings. The van der Waals surface area contributed by atoms with Crippen molar-refractivity contribution < 1.29 is 9.90 Å². The predicted molar refractivity (Wildman–Crippen MR) is 99.6 cm³/mol. The van der Waals surface area contributed by atoms with Crippen molar-refractivity contribution in [2.45, 2.75) is 26.2 Å². The van der Waals surface area contributed by atoms with E-state index in [9.17, 15) is 9.90 Å². The van der Waals surface area contributed by atoms with Gasteiger partial charge in [0.25, 0.3) is 0 Å². The van der Waals surface area contributed by atoms with Gasteiger partial charge in [0.05, 0.1) is 31.6 Å². The summed E-state index contributed by atoms with van der Waals surface area (Å²) in [6.07, 6.45) is 1.73. The highest BCUT2D eigenvalue weighted by Crippen LogP contribution is 2.17. The molecule has 2 aromatic heterocycles. The molecule has 140 valence electrons. The van der Waals surface area contributed by atoms with Crippen LogP contribution in [0.5, 0.6) is 0 Å². The van der Waals surface area contributed by atoms with E-state index in [4.69, 9.17) is 0 Å². The van der Waals surface area contributed by atoms with E-state index in [1.165, 1.54) is 4.88 Å². The summed E-state index contributed by atoms with van der Waals surface area (Å²) in [5.41, 5.74) is 1.90. The van der Waals surface area contributed by atoms with Gasteiger partial charge in [-0.05, 0) is 11.4 Å². The lowest BCUT2D eigenvalue weighted by Gasteiger charge is -2.36. The van der Waals surface area contributed by atoms with Gasteiger partial charge in [0.2, 0.25) is 5.91 Å². The van der Waals surface area contributed by atoms with Crippen molar-refractivity contribution in [2.75, 3.05) is 39.3 Å². The van der Waals surface area contributed by atoms with Crippen LogP contribution in [0.2, 0.25) is 0 Å². The number of carbonyl (C=O) groups is 1. The zero-order chi connectivity index (χ0) is 17.9. The Morgan fingerprint density at radius 3 is 2.69 bits per heavy atom. The summed E-state index contributed by atoms with van der Waals surface area (Å²) in [7, 11) is 0. The molecule has 0 atom stereocenters. The van der Waals surface area contributed by atoms with Gasteiger partial charge in [-0.1, -0.05) is 6.07 Å². The normalized spacial score (nSPS) is 18.9. The van der Waals surface area contributed by atoms with Crippen LogP contribution in [0.25, 0.3) is 0 Å². The zero-order valence-corrected chi connectivity index (χ0v) is 15.7. The Morgan fingerprint density at radius 1 is 1.15 bits per heavy atom. The maximum absolute atomic E-state index is 12.7. The summed E-state index contributed by atoms with van der Waals surface area (Å²) >= 11 is 1.79. The minimum atomic E-state index is 0.00329. The molecule has 0 saturated carbocycles. The number of aliphatic hydroxyl groups is 1. The Labute approximate surface area is 157 Å². The third-order valence-electron chi connectivity index (χ3n) is 5.25. The summed E-state index contributed by atoms with van der Waals surface area (Å²) in [5, 5.41) is 15.8. The second kappa shape index (κ2) is 7.87. The van der Waals surface area contributed by atoms with Crippen molar-refractivity contribution in [1.82, 2.24) is 24.5 Å². The molecule has 1 fully saturated rings. The van der Waals surface area contributed by atoms with Crippen LogP contribution in [0.15, 0.2) is 23.7 Å². The molecule has 2 aliphatic rings. The van der Waals surface area contributed by atoms with Crippen LogP contribution in [0.4, 0.5) is 0 Å². The van der Waals surface area contributed by atoms with E-state index in [0.717, 1.165) is 57.1 Å². The molecular formula is C18H25N5O2S. The fourth-order valence-corrected chi connectivity index (χ4v) is 4.44. The Bertz CT molecular complexity index is 723. The third kappa shape index (κ3) is 3.83. The largest absolute Gasteiger partial charge is 0.392 e. The molecule has 0 bridgehead atoms. The first-order chi connectivity index (χ1) is 12.7. The van der Waals surface area contributed by atoms with Crippen LogP contribution in [0, 0.1) is 0 Å². The van der Waals surface area contributed by atoms with Gasteiger partial charge in [0.1, 0.15) is 0 Å². The minimum absolute atomic E-state index is 0.00329. The molecule has 4 heterocycles. The first kappa shape index (κ1) is 17.7. The average Bonchev–Trinajstić information content (AvgIpc) is 3.31. The highest BCUT2D eigenvalue weighted by molar-refractivity contribution is 7.09. The molecule has 26 heavy (non-hydrogen) atoms. The van der Waals surface area contributed by atoms with Crippen LogP contribution in [-0.4, -0.2) is 74.8 Å². The molecule has 0 aliphatic carbocycles. The summed E-state index contributed by atoms with van der Waals surface area (Å²) in [6, 6.07) is 4.26. The average molecular weight is 375 g/mol. The lowest BCUT2D eigenvalue weighted by molar-refractivity contribution is -0.134. The molecule has 1 N–H and O–H groups in total. The number of fused-ring (bicyclic) bond motifs is 1. The Hall–Kier alpha value is -1.74. The summed E-state index contributed by atoms with van der Waals surface area (Å²) < 4.78 is 1.94. The molecular weight excluding hydrogens is 350 g/mol. The van der Waals surface area contributed by atoms with Crippen molar-refractivity contribution >= 4 is 17.2 Å². The van der Waals surface area contributed by atoms with Crippen LogP contribution >= 0.6 is 11.3 Å².